The van der Waals surface area contributed by atoms with Gasteiger partial charge in [-0.25, -0.2) is 0 Å². The molecular weight excluding hydrogens is 152 g/mol. The van der Waals surface area contributed by atoms with Crippen molar-refractivity contribution in [2.24, 2.45) is 11.3 Å². The van der Waals surface area contributed by atoms with Crippen molar-refractivity contribution in [3.8, 4) is 0 Å². The number of hydrogen-bond acceptors (Lipinski definition) is 2. The van der Waals surface area contributed by atoms with Crippen LogP contribution in [0.5, 0.6) is 0 Å². The van der Waals surface area contributed by atoms with E-state index in [0.29, 0.717) is 12.5 Å². The molecule has 0 amide bonds. The first-order chi connectivity index (χ1) is 5.52. The van der Waals surface area contributed by atoms with Gasteiger partial charge in [0.1, 0.15) is 0 Å². The Hall–Kier alpha value is -0.790. The first-order valence-corrected chi connectivity index (χ1v) is 4.35. The molecule has 0 aromatic carbocycles. The maximum atomic E-state index is 11.4. The maximum absolute atomic E-state index is 11.4. The van der Waals surface area contributed by atoms with Crippen molar-refractivity contribution in [2.45, 2.75) is 27.2 Å². The lowest BCUT2D eigenvalue weighted by Gasteiger charge is -2.09. The van der Waals surface area contributed by atoms with Crippen molar-refractivity contribution in [3.63, 3.8) is 0 Å². The minimum absolute atomic E-state index is 0.0713. The number of rotatable bonds is 3. The molecule has 0 aliphatic heterocycles. The monoisotopic (exact) mass is 168 g/mol. The summed E-state index contributed by atoms with van der Waals surface area (Å²) in [6.45, 7) is 10.1. The van der Waals surface area contributed by atoms with E-state index in [9.17, 15) is 4.79 Å². The Morgan fingerprint density at radius 2 is 2.33 bits per heavy atom. The number of ether oxygens (including phenoxy) is 1. The van der Waals surface area contributed by atoms with Crippen LogP contribution < -0.4 is 0 Å². The summed E-state index contributed by atoms with van der Waals surface area (Å²) < 4.78 is 4.97. The number of carbonyl (C=O) groups excluding carboxylic acids is 1. The third-order valence-corrected chi connectivity index (χ3v) is 2.57. The van der Waals surface area contributed by atoms with E-state index >= 15 is 0 Å². The Labute approximate surface area is 73.6 Å². The SMILES string of the molecule is C=C(C)[C@@H]1C[C@]1(C)C(=O)OCC. The molecule has 1 aliphatic rings. The minimum Gasteiger partial charge on any atom is -0.466 e. The van der Waals surface area contributed by atoms with Crippen LogP contribution in [0, 0.1) is 11.3 Å². The highest BCUT2D eigenvalue weighted by Gasteiger charge is 2.57. The number of allylic oxidation sites excluding steroid dienone is 1. The average Bonchev–Trinajstić information content (AvgIpc) is 2.65. The molecule has 0 bridgehead atoms. The summed E-state index contributed by atoms with van der Waals surface area (Å²) in [5, 5.41) is 0. The van der Waals surface area contributed by atoms with Gasteiger partial charge in [-0.2, -0.15) is 0 Å². The van der Waals surface area contributed by atoms with Crippen molar-refractivity contribution in [2.75, 3.05) is 6.61 Å². The highest BCUT2D eigenvalue weighted by atomic mass is 16.5. The standard InChI is InChI=1S/C10H16O2/c1-5-12-9(11)10(4)6-8(10)7(2)3/h8H,2,5-6H2,1,3-4H3/t8-,10-/m0/s1. The zero-order valence-electron chi connectivity index (χ0n) is 8.02. The fraction of sp³-hybridized carbons (Fsp3) is 0.700. The van der Waals surface area contributed by atoms with Gasteiger partial charge in [-0.3, -0.25) is 4.79 Å². The van der Waals surface area contributed by atoms with E-state index in [1.165, 1.54) is 0 Å². The van der Waals surface area contributed by atoms with Gasteiger partial charge in [-0.1, -0.05) is 12.2 Å². The van der Waals surface area contributed by atoms with E-state index in [4.69, 9.17) is 4.74 Å². The molecule has 0 heterocycles. The summed E-state index contributed by atoms with van der Waals surface area (Å²) >= 11 is 0. The molecule has 0 unspecified atom stereocenters. The van der Waals surface area contributed by atoms with Crippen molar-refractivity contribution >= 4 is 5.97 Å². The van der Waals surface area contributed by atoms with Crippen LogP contribution in [0.3, 0.4) is 0 Å². The van der Waals surface area contributed by atoms with Gasteiger partial charge < -0.3 is 4.74 Å². The van der Waals surface area contributed by atoms with Crippen LogP contribution in [-0.4, -0.2) is 12.6 Å². The van der Waals surface area contributed by atoms with Crippen LogP contribution in [0.4, 0.5) is 0 Å². The lowest BCUT2D eigenvalue weighted by molar-refractivity contribution is -0.149. The molecule has 0 aromatic heterocycles. The number of esters is 1. The molecule has 1 rings (SSSR count). The third kappa shape index (κ3) is 1.38. The van der Waals surface area contributed by atoms with Gasteiger partial charge in [0, 0.05) is 0 Å². The van der Waals surface area contributed by atoms with Gasteiger partial charge in [-0.15, -0.1) is 0 Å². The van der Waals surface area contributed by atoms with Crippen molar-refractivity contribution in [1.82, 2.24) is 0 Å². The Morgan fingerprint density at radius 3 is 2.67 bits per heavy atom. The van der Waals surface area contributed by atoms with E-state index in [-0.39, 0.29) is 11.4 Å². The molecule has 2 atom stereocenters. The van der Waals surface area contributed by atoms with Gasteiger partial charge in [0.2, 0.25) is 0 Å². The summed E-state index contributed by atoms with van der Waals surface area (Å²) in [5.41, 5.74) is 0.826. The van der Waals surface area contributed by atoms with Gasteiger partial charge in [0.25, 0.3) is 0 Å². The van der Waals surface area contributed by atoms with Crippen LogP contribution in [0.1, 0.15) is 27.2 Å². The quantitative estimate of drug-likeness (QED) is 0.477. The Balaban J connectivity index is 2.54. The molecule has 1 aliphatic carbocycles. The van der Waals surface area contributed by atoms with Gasteiger partial charge in [0.05, 0.1) is 12.0 Å². The molecular formula is C10H16O2. The Bertz CT molecular complexity index is 220. The van der Waals surface area contributed by atoms with Gasteiger partial charge in [-0.05, 0) is 33.1 Å². The summed E-state index contributed by atoms with van der Waals surface area (Å²) in [4.78, 5) is 11.4. The molecule has 0 aromatic rings. The highest BCUT2D eigenvalue weighted by Crippen LogP contribution is 2.56. The molecule has 0 N–H and O–H groups in total. The van der Waals surface area contributed by atoms with E-state index < -0.39 is 0 Å². The lowest BCUT2D eigenvalue weighted by atomic mass is 10.0. The van der Waals surface area contributed by atoms with Crippen molar-refractivity contribution in [3.05, 3.63) is 12.2 Å². The molecule has 0 radical (unpaired) electrons. The fourth-order valence-corrected chi connectivity index (χ4v) is 1.60. The van der Waals surface area contributed by atoms with E-state index in [0.717, 1.165) is 12.0 Å². The minimum atomic E-state index is -0.262. The second-order valence-electron chi connectivity index (χ2n) is 3.74. The van der Waals surface area contributed by atoms with Gasteiger partial charge in [0.15, 0.2) is 0 Å². The molecule has 1 saturated carbocycles. The van der Waals surface area contributed by atoms with Crippen molar-refractivity contribution < 1.29 is 9.53 Å². The third-order valence-electron chi connectivity index (χ3n) is 2.57. The Morgan fingerprint density at radius 1 is 1.75 bits per heavy atom. The topological polar surface area (TPSA) is 26.3 Å². The molecule has 2 nitrogen and oxygen atoms in total. The van der Waals surface area contributed by atoms with E-state index in [1.54, 1.807) is 0 Å². The normalized spacial score (nSPS) is 32.8. The number of hydrogen-bond donors (Lipinski definition) is 0. The average molecular weight is 168 g/mol. The van der Waals surface area contributed by atoms with E-state index in [2.05, 4.69) is 6.58 Å². The molecule has 68 valence electrons. The Kier molecular flexibility index (Phi) is 2.27. The zero-order chi connectivity index (χ0) is 9.35. The maximum Gasteiger partial charge on any atom is 0.312 e. The summed E-state index contributed by atoms with van der Waals surface area (Å²) in [7, 11) is 0. The second-order valence-corrected chi connectivity index (χ2v) is 3.74. The highest BCUT2D eigenvalue weighted by molar-refractivity contribution is 5.81. The van der Waals surface area contributed by atoms with Crippen LogP contribution in [0.15, 0.2) is 12.2 Å². The zero-order valence-corrected chi connectivity index (χ0v) is 8.02. The molecule has 0 spiro atoms. The molecule has 1 fully saturated rings. The molecule has 2 heteroatoms. The van der Waals surface area contributed by atoms with Crippen LogP contribution >= 0.6 is 0 Å². The second kappa shape index (κ2) is 2.92. The van der Waals surface area contributed by atoms with E-state index in [1.807, 2.05) is 20.8 Å². The molecule has 0 saturated heterocycles. The van der Waals surface area contributed by atoms with Crippen LogP contribution in [0.25, 0.3) is 0 Å². The lowest BCUT2D eigenvalue weighted by Crippen LogP contribution is -2.18. The fourth-order valence-electron chi connectivity index (χ4n) is 1.60. The summed E-state index contributed by atoms with van der Waals surface area (Å²) in [6, 6.07) is 0. The van der Waals surface area contributed by atoms with Crippen molar-refractivity contribution in [1.29, 1.82) is 0 Å². The largest absolute Gasteiger partial charge is 0.466 e. The smallest absolute Gasteiger partial charge is 0.312 e. The van der Waals surface area contributed by atoms with Crippen LogP contribution in [-0.2, 0) is 9.53 Å². The van der Waals surface area contributed by atoms with Crippen LogP contribution in [0.2, 0.25) is 0 Å². The summed E-state index contributed by atoms with van der Waals surface area (Å²) in [5.74, 6) is 0.273. The van der Waals surface area contributed by atoms with Gasteiger partial charge >= 0.3 is 5.97 Å². The first-order valence-electron chi connectivity index (χ1n) is 4.35. The summed E-state index contributed by atoms with van der Waals surface area (Å²) in [6.07, 6.45) is 0.904. The predicted octanol–water partition coefficient (Wildman–Crippen LogP) is 2.15. The number of carbonyl (C=O) groups is 1. The predicted molar refractivity (Wildman–Crippen MR) is 47.7 cm³/mol. The molecule has 12 heavy (non-hydrogen) atoms. The first kappa shape index (κ1) is 9.30.